The van der Waals surface area contributed by atoms with E-state index in [4.69, 9.17) is 11.1 Å². The summed E-state index contributed by atoms with van der Waals surface area (Å²) in [6.45, 7) is 1.76. The highest BCUT2D eigenvalue weighted by Gasteiger charge is 2.09. The van der Waals surface area contributed by atoms with Crippen LogP contribution in [0.1, 0.15) is 11.3 Å². The third kappa shape index (κ3) is 3.29. The number of benzene rings is 1. The normalized spacial score (nSPS) is 10.5. The summed E-state index contributed by atoms with van der Waals surface area (Å²) in [7, 11) is 0. The Morgan fingerprint density at radius 1 is 1.26 bits per heavy atom. The molecule has 0 unspecified atom stereocenters. The molecule has 0 saturated heterocycles. The highest BCUT2D eigenvalue weighted by Crippen LogP contribution is 2.29. The van der Waals surface area contributed by atoms with Crippen molar-refractivity contribution >= 4 is 17.6 Å². The van der Waals surface area contributed by atoms with Crippen molar-refractivity contribution in [2.45, 2.75) is 16.8 Å². The molecule has 0 aliphatic rings. The fraction of sp³-hybridized carbons (Fsp3) is 0.0769. The van der Waals surface area contributed by atoms with Crippen LogP contribution in [-0.4, -0.2) is 10.8 Å². The van der Waals surface area contributed by atoms with E-state index in [0.717, 1.165) is 17.8 Å². The van der Waals surface area contributed by atoms with Gasteiger partial charge in [-0.05, 0) is 31.2 Å². The highest BCUT2D eigenvalue weighted by molar-refractivity contribution is 7.99. The van der Waals surface area contributed by atoms with Crippen molar-refractivity contribution < 1.29 is 8.78 Å². The summed E-state index contributed by atoms with van der Waals surface area (Å²) in [5, 5.41) is 7.91. The number of rotatable bonds is 3. The van der Waals surface area contributed by atoms with E-state index >= 15 is 0 Å². The predicted molar refractivity (Wildman–Crippen MR) is 70.5 cm³/mol. The molecule has 3 N–H and O–H groups in total. The van der Waals surface area contributed by atoms with E-state index in [2.05, 4.69) is 4.98 Å². The van der Waals surface area contributed by atoms with E-state index in [1.807, 2.05) is 0 Å². The second-order valence-corrected chi connectivity index (χ2v) is 4.99. The molecule has 6 heteroatoms. The first-order valence-electron chi connectivity index (χ1n) is 5.41. The maximum Gasteiger partial charge on any atom is 0.140 e. The number of hydrogen-bond acceptors (Lipinski definition) is 3. The summed E-state index contributed by atoms with van der Waals surface area (Å²) in [6, 6.07) is 6.64. The number of nitrogens with one attached hydrogen (secondary N) is 1. The van der Waals surface area contributed by atoms with Crippen LogP contribution in [0, 0.1) is 24.0 Å². The SMILES string of the molecule is Cc1cc(C(=N)N)cc(Sc2ccc(F)cc2F)n1. The molecule has 98 valence electrons. The van der Waals surface area contributed by atoms with E-state index < -0.39 is 11.6 Å². The van der Waals surface area contributed by atoms with Crippen molar-refractivity contribution in [2.75, 3.05) is 0 Å². The van der Waals surface area contributed by atoms with Gasteiger partial charge in [-0.25, -0.2) is 13.8 Å². The lowest BCUT2D eigenvalue weighted by Crippen LogP contribution is -2.11. The van der Waals surface area contributed by atoms with Crippen molar-refractivity contribution in [3.63, 3.8) is 0 Å². The Hall–Kier alpha value is -1.95. The van der Waals surface area contributed by atoms with Crippen LogP contribution >= 0.6 is 11.8 Å². The van der Waals surface area contributed by atoms with Gasteiger partial charge in [-0.2, -0.15) is 0 Å². The summed E-state index contributed by atoms with van der Waals surface area (Å²) in [4.78, 5) is 4.50. The molecule has 0 aliphatic heterocycles. The molecule has 0 amide bonds. The number of nitrogens with zero attached hydrogens (tertiary/aromatic N) is 1. The van der Waals surface area contributed by atoms with Crippen LogP contribution in [0.5, 0.6) is 0 Å². The molecule has 0 atom stereocenters. The zero-order valence-corrected chi connectivity index (χ0v) is 10.9. The van der Waals surface area contributed by atoms with E-state index in [1.165, 1.54) is 12.1 Å². The molecule has 0 aliphatic carbocycles. The number of pyridine rings is 1. The molecule has 1 aromatic carbocycles. The number of nitrogen functional groups attached to an aromatic ring is 1. The molecular formula is C13H11F2N3S. The lowest BCUT2D eigenvalue weighted by atomic mass is 10.2. The van der Waals surface area contributed by atoms with Crippen LogP contribution in [-0.2, 0) is 0 Å². The maximum absolute atomic E-state index is 13.5. The Morgan fingerprint density at radius 2 is 2.00 bits per heavy atom. The van der Waals surface area contributed by atoms with Crippen molar-refractivity contribution in [2.24, 2.45) is 5.73 Å². The van der Waals surface area contributed by atoms with Crippen LogP contribution in [0.3, 0.4) is 0 Å². The van der Waals surface area contributed by atoms with Gasteiger partial charge in [-0.15, -0.1) is 0 Å². The monoisotopic (exact) mass is 279 g/mol. The van der Waals surface area contributed by atoms with Gasteiger partial charge in [0.2, 0.25) is 0 Å². The zero-order valence-electron chi connectivity index (χ0n) is 10.1. The third-order valence-corrected chi connectivity index (χ3v) is 3.32. The van der Waals surface area contributed by atoms with E-state index in [0.29, 0.717) is 16.3 Å². The molecule has 2 aromatic rings. The fourth-order valence-electron chi connectivity index (χ4n) is 1.52. The smallest absolute Gasteiger partial charge is 0.140 e. The Kier molecular flexibility index (Phi) is 3.80. The molecule has 19 heavy (non-hydrogen) atoms. The van der Waals surface area contributed by atoms with Gasteiger partial charge in [-0.1, -0.05) is 11.8 Å². The average Bonchev–Trinajstić information content (AvgIpc) is 2.32. The molecule has 0 spiro atoms. The van der Waals surface area contributed by atoms with Crippen LogP contribution in [0.2, 0.25) is 0 Å². The Morgan fingerprint density at radius 3 is 2.63 bits per heavy atom. The van der Waals surface area contributed by atoms with Crippen molar-refractivity contribution in [3.8, 4) is 0 Å². The molecule has 0 radical (unpaired) electrons. The number of hydrogen-bond donors (Lipinski definition) is 2. The molecule has 0 bridgehead atoms. The molecule has 2 rings (SSSR count). The van der Waals surface area contributed by atoms with Gasteiger partial charge >= 0.3 is 0 Å². The topological polar surface area (TPSA) is 62.8 Å². The third-order valence-electron chi connectivity index (χ3n) is 2.35. The van der Waals surface area contributed by atoms with Crippen molar-refractivity contribution in [1.29, 1.82) is 5.41 Å². The average molecular weight is 279 g/mol. The summed E-state index contributed by atoms with van der Waals surface area (Å²) in [6.07, 6.45) is 0. The van der Waals surface area contributed by atoms with Gasteiger partial charge < -0.3 is 5.73 Å². The minimum Gasteiger partial charge on any atom is -0.384 e. The van der Waals surface area contributed by atoms with Gasteiger partial charge in [0.15, 0.2) is 0 Å². The van der Waals surface area contributed by atoms with Crippen molar-refractivity contribution in [3.05, 3.63) is 53.2 Å². The number of aryl methyl sites for hydroxylation is 1. The summed E-state index contributed by atoms with van der Waals surface area (Å²) < 4.78 is 26.4. The number of amidine groups is 1. The van der Waals surface area contributed by atoms with Gasteiger partial charge in [0.1, 0.15) is 22.5 Å². The fourth-order valence-corrected chi connectivity index (χ4v) is 2.41. The van der Waals surface area contributed by atoms with Gasteiger partial charge in [-0.3, -0.25) is 5.41 Å². The molecule has 0 fully saturated rings. The lowest BCUT2D eigenvalue weighted by molar-refractivity contribution is 0.565. The minimum atomic E-state index is -0.641. The molecule has 3 nitrogen and oxygen atoms in total. The highest BCUT2D eigenvalue weighted by atomic mass is 32.2. The van der Waals surface area contributed by atoms with Crippen LogP contribution in [0.4, 0.5) is 8.78 Å². The molecule has 1 heterocycles. The van der Waals surface area contributed by atoms with Crippen LogP contribution in [0.25, 0.3) is 0 Å². The largest absolute Gasteiger partial charge is 0.384 e. The first-order chi connectivity index (χ1) is 8.95. The summed E-state index contributed by atoms with van der Waals surface area (Å²) in [5.41, 5.74) is 6.62. The number of halogens is 2. The number of aromatic nitrogens is 1. The lowest BCUT2D eigenvalue weighted by Gasteiger charge is -2.06. The van der Waals surface area contributed by atoms with Crippen molar-refractivity contribution in [1.82, 2.24) is 4.98 Å². The Bertz CT molecular complexity index is 644. The van der Waals surface area contributed by atoms with E-state index in [9.17, 15) is 8.78 Å². The molecule has 1 aromatic heterocycles. The van der Waals surface area contributed by atoms with Crippen LogP contribution < -0.4 is 5.73 Å². The molecular weight excluding hydrogens is 268 g/mol. The predicted octanol–water partition coefficient (Wildman–Crippen LogP) is 3.10. The standard InChI is InChI=1S/C13H11F2N3S/c1-7-4-8(13(16)17)5-12(18-7)19-11-3-2-9(14)6-10(11)15/h2-6H,1H3,(H3,16,17). The number of nitrogens with two attached hydrogens (primary N) is 1. The second-order valence-electron chi connectivity index (χ2n) is 3.93. The van der Waals surface area contributed by atoms with Gasteiger partial charge in [0.25, 0.3) is 0 Å². The second kappa shape index (κ2) is 5.36. The molecule has 0 saturated carbocycles. The first kappa shape index (κ1) is 13.5. The summed E-state index contributed by atoms with van der Waals surface area (Å²) >= 11 is 1.06. The minimum absolute atomic E-state index is 0.0769. The van der Waals surface area contributed by atoms with E-state index in [-0.39, 0.29) is 10.7 Å². The Balaban J connectivity index is 2.35. The zero-order chi connectivity index (χ0) is 14.0. The summed E-state index contributed by atoms with van der Waals surface area (Å²) in [5.74, 6) is -1.34. The van der Waals surface area contributed by atoms with Gasteiger partial charge in [0.05, 0.1) is 0 Å². The van der Waals surface area contributed by atoms with Gasteiger partial charge in [0, 0.05) is 22.2 Å². The Labute approximate surface area is 113 Å². The maximum atomic E-state index is 13.5. The van der Waals surface area contributed by atoms with Crippen LogP contribution in [0.15, 0.2) is 40.3 Å². The first-order valence-corrected chi connectivity index (χ1v) is 6.23. The quantitative estimate of drug-likeness (QED) is 0.670. The van der Waals surface area contributed by atoms with E-state index in [1.54, 1.807) is 19.1 Å².